The molecule has 19 heavy (non-hydrogen) atoms. The number of fused-ring (bicyclic) bond motifs is 1. The van der Waals surface area contributed by atoms with Crippen molar-refractivity contribution in [1.29, 1.82) is 0 Å². The average molecular weight is 257 g/mol. The van der Waals surface area contributed by atoms with Crippen molar-refractivity contribution in [3.05, 3.63) is 35.9 Å². The summed E-state index contributed by atoms with van der Waals surface area (Å²) >= 11 is 0. The first kappa shape index (κ1) is 12.3. The quantitative estimate of drug-likeness (QED) is 0.868. The van der Waals surface area contributed by atoms with Crippen molar-refractivity contribution in [2.45, 2.75) is 25.8 Å². The van der Waals surface area contributed by atoms with Crippen LogP contribution in [0.15, 0.2) is 30.3 Å². The van der Waals surface area contributed by atoms with E-state index < -0.39 is 0 Å². The van der Waals surface area contributed by atoms with Gasteiger partial charge in [-0.05, 0) is 54.9 Å². The van der Waals surface area contributed by atoms with Gasteiger partial charge in [-0.3, -0.25) is 4.90 Å². The predicted molar refractivity (Wildman–Crippen MR) is 76.4 cm³/mol. The first-order valence-corrected chi connectivity index (χ1v) is 6.90. The maximum absolute atomic E-state index is 10.1. The maximum atomic E-state index is 10.1. The molecule has 100 valence electrons. The van der Waals surface area contributed by atoms with Crippen LogP contribution >= 0.6 is 0 Å². The zero-order chi connectivity index (χ0) is 13.2. The zero-order valence-corrected chi connectivity index (χ0v) is 11.0. The van der Waals surface area contributed by atoms with E-state index >= 15 is 0 Å². The lowest BCUT2D eigenvalue weighted by molar-refractivity contribution is 0.219. The van der Waals surface area contributed by atoms with Gasteiger partial charge in [-0.2, -0.15) is 0 Å². The molecule has 2 aromatic carbocycles. The molecule has 0 atom stereocenters. The number of nitrogens with zero attached hydrogens (tertiary/aromatic N) is 1. The maximum Gasteiger partial charge on any atom is 0.120 e. The van der Waals surface area contributed by atoms with Crippen LogP contribution in [0.25, 0.3) is 10.8 Å². The number of aromatic hydroxyl groups is 2. The molecule has 1 heterocycles. The van der Waals surface area contributed by atoms with E-state index in [0.717, 1.165) is 36.0 Å². The molecule has 0 bridgehead atoms. The van der Waals surface area contributed by atoms with E-state index in [1.54, 1.807) is 18.2 Å². The minimum absolute atomic E-state index is 0.266. The standard InChI is InChI=1S/C16H19NO2/c18-13-5-6-14-12(10-13)4-7-16(19)15(14)11-17-8-2-1-3-9-17/h4-7,10,18-19H,1-3,8-9,11H2. The lowest BCUT2D eigenvalue weighted by Gasteiger charge is -2.27. The highest BCUT2D eigenvalue weighted by atomic mass is 16.3. The van der Waals surface area contributed by atoms with Crippen LogP contribution in [-0.2, 0) is 6.54 Å². The van der Waals surface area contributed by atoms with Crippen molar-refractivity contribution >= 4 is 10.8 Å². The van der Waals surface area contributed by atoms with E-state index in [9.17, 15) is 10.2 Å². The van der Waals surface area contributed by atoms with Crippen molar-refractivity contribution < 1.29 is 10.2 Å². The molecule has 2 N–H and O–H groups in total. The van der Waals surface area contributed by atoms with E-state index in [4.69, 9.17) is 0 Å². The van der Waals surface area contributed by atoms with Crippen LogP contribution in [-0.4, -0.2) is 28.2 Å². The third-order valence-corrected chi connectivity index (χ3v) is 3.92. The minimum atomic E-state index is 0.266. The number of phenols is 2. The molecule has 3 heteroatoms. The molecule has 1 fully saturated rings. The Balaban J connectivity index is 1.98. The summed E-state index contributed by atoms with van der Waals surface area (Å²) in [7, 11) is 0. The summed E-state index contributed by atoms with van der Waals surface area (Å²) in [6.07, 6.45) is 3.80. The highest BCUT2D eigenvalue weighted by Gasteiger charge is 2.14. The number of phenolic OH excluding ortho intramolecular Hbond substituents is 2. The van der Waals surface area contributed by atoms with Gasteiger partial charge in [-0.25, -0.2) is 0 Å². The van der Waals surface area contributed by atoms with Crippen molar-refractivity contribution in [2.24, 2.45) is 0 Å². The monoisotopic (exact) mass is 257 g/mol. The van der Waals surface area contributed by atoms with Crippen LogP contribution in [0.1, 0.15) is 24.8 Å². The second-order valence-electron chi connectivity index (χ2n) is 5.31. The number of piperidine rings is 1. The fourth-order valence-electron chi connectivity index (χ4n) is 2.88. The molecular weight excluding hydrogens is 238 g/mol. The summed E-state index contributed by atoms with van der Waals surface area (Å²) < 4.78 is 0. The second-order valence-corrected chi connectivity index (χ2v) is 5.31. The third kappa shape index (κ3) is 2.51. The molecule has 0 spiro atoms. The van der Waals surface area contributed by atoms with Gasteiger partial charge in [0.15, 0.2) is 0 Å². The minimum Gasteiger partial charge on any atom is -0.508 e. The van der Waals surface area contributed by atoms with Crippen molar-refractivity contribution in [2.75, 3.05) is 13.1 Å². The van der Waals surface area contributed by atoms with Crippen LogP contribution in [0, 0.1) is 0 Å². The molecular formula is C16H19NO2. The highest BCUT2D eigenvalue weighted by Crippen LogP contribution is 2.31. The Kier molecular flexibility index (Phi) is 3.30. The van der Waals surface area contributed by atoms with Crippen LogP contribution in [0.4, 0.5) is 0 Å². The Morgan fingerprint density at radius 2 is 1.74 bits per heavy atom. The number of hydrogen-bond acceptors (Lipinski definition) is 3. The van der Waals surface area contributed by atoms with E-state index in [-0.39, 0.29) is 5.75 Å². The molecule has 1 aliphatic rings. The normalized spacial score (nSPS) is 16.8. The summed E-state index contributed by atoms with van der Waals surface area (Å²) in [6, 6.07) is 8.89. The molecule has 0 unspecified atom stereocenters. The van der Waals surface area contributed by atoms with Gasteiger partial charge in [-0.1, -0.05) is 18.6 Å². The molecule has 3 rings (SSSR count). The van der Waals surface area contributed by atoms with E-state index in [1.807, 2.05) is 12.1 Å². The highest BCUT2D eigenvalue weighted by molar-refractivity contribution is 5.88. The molecule has 2 aromatic rings. The first-order chi connectivity index (χ1) is 9.24. The van der Waals surface area contributed by atoms with Gasteiger partial charge in [0.1, 0.15) is 11.5 Å². The molecule has 1 saturated heterocycles. The number of benzene rings is 2. The van der Waals surface area contributed by atoms with E-state index in [2.05, 4.69) is 4.90 Å². The average Bonchev–Trinajstić information content (AvgIpc) is 2.43. The van der Waals surface area contributed by atoms with E-state index in [0.29, 0.717) is 5.75 Å². The Morgan fingerprint density at radius 3 is 2.53 bits per heavy atom. The second kappa shape index (κ2) is 5.10. The molecule has 3 nitrogen and oxygen atoms in total. The Hall–Kier alpha value is -1.74. The molecule has 0 saturated carbocycles. The number of hydrogen-bond donors (Lipinski definition) is 2. The molecule has 0 amide bonds. The Labute approximate surface area is 113 Å². The lowest BCUT2D eigenvalue weighted by atomic mass is 10.0. The van der Waals surface area contributed by atoms with Crippen molar-refractivity contribution in [1.82, 2.24) is 4.90 Å². The van der Waals surface area contributed by atoms with Gasteiger partial charge in [0.05, 0.1) is 0 Å². The molecule has 0 aromatic heterocycles. The first-order valence-electron chi connectivity index (χ1n) is 6.90. The van der Waals surface area contributed by atoms with Gasteiger partial charge < -0.3 is 10.2 Å². The van der Waals surface area contributed by atoms with E-state index in [1.165, 1.54) is 19.3 Å². The largest absolute Gasteiger partial charge is 0.508 e. The topological polar surface area (TPSA) is 43.7 Å². The van der Waals surface area contributed by atoms with Crippen molar-refractivity contribution in [3.63, 3.8) is 0 Å². The Morgan fingerprint density at radius 1 is 0.947 bits per heavy atom. The summed E-state index contributed by atoms with van der Waals surface area (Å²) in [5, 5.41) is 21.7. The fraction of sp³-hybridized carbons (Fsp3) is 0.375. The number of likely N-dealkylation sites (tertiary alicyclic amines) is 1. The van der Waals surface area contributed by atoms with Gasteiger partial charge in [0.2, 0.25) is 0 Å². The summed E-state index contributed by atoms with van der Waals surface area (Å²) in [5.41, 5.74) is 0.972. The SMILES string of the molecule is Oc1ccc2c(CN3CCCCC3)c(O)ccc2c1. The van der Waals surface area contributed by atoms with Crippen LogP contribution in [0.3, 0.4) is 0 Å². The van der Waals surface area contributed by atoms with Gasteiger partial charge in [-0.15, -0.1) is 0 Å². The molecule has 1 aliphatic heterocycles. The molecule has 0 radical (unpaired) electrons. The fourth-order valence-corrected chi connectivity index (χ4v) is 2.88. The van der Waals surface area contributed by atoms with Gasteiger partial charge in [0.25, 0.3) is 0 Å². The van der Waals surface area contributed by atoms with Crippen molar-refractivity contribution in [3.8, 4) is 11.5 Å². The number of rotatable bonds is 2. The van der Waals surface area contributed by atoms with Crippen LogP contribution in [0.5, 0.6) is 11.5 Å². The predicted octanol–water partition coefficient (Wildman–Crippen LogP) is 3.24. The third-order valence-electron chi connectivity index (χ3n) is 3.92. The Bertz CT molecular complexity index is 589. The summed E-state index contributed by atoms with van der Waals surface area (Å²) in [6.45, 7) is 3.00. The summed E-state index contributed by atoms with van der Waals surface area (Å²) in [5.74, 6) is 0.617. The molecule has 0 aliphatic carbocycles. The lowest BCUT2D eigenvalue weighted by Crippen LogP contribution is -2.29. The summed E-state index contributed by atoms with van der Waals surface area (Å²) in [4.78, 5) is 2.39. The van der Waals surface area contributed by atoms with Gasteiger partial charge in [0, 0.05) is 12.1 Å². The smallest absolute Gasteiger partial charge is 0.120 e. The van der Waals surface area contributed by atoms with Crippen LogP contribution in [0.2, 0.25) is 0 Å². The van der Waals surface area contributed by atoms with Crippen LogP contribution < -0.4 is 0 Å². The van der Waals surface area contributed by atoms with Gasteiger partial charge >= 0.3 is 0 Å². The zero-order valence-electron chi connectivity index (χ0n) is 11.0.